The van der Waals surface area contributed by atoms with E-state index in [-0.39, 0.29) is 4.90 Å². The first kappa shape index (κ1) is 14.4. The number of nitrogens with one attached hydrogen (secondary N) is 1. The largest absolute Gasteiger partial charge is 0.279 e. The fourth-order valence-electron chi connectivity index (χ4n) is 1.62. The summed E-state index contributed by atoms with van der Waals surface area (Å²) >= 11 is 5.74. The highest BCUT2D eigenvalue weighted by atomic mass is 35.5. The number of aryl methyl sites for hydroxylation is 1. The molecule has 1 N–H and O–H groups in total. The fraction of sp³-hybridized carbons (Fsp3) is 0.0714. The maximum Gasteiger partial charge on any atom is 0.261 e. The number of hydrogen-bond acceptors (Lipinski definition) is 3. The van der Waals surface area contributed by atoms with Crippen LogP contribution in [0.3, 0.4) is 0 Å². The van der Waals surface area contributed by atoms with Gasteiger partial charge in [-0.25, -0.2) is 8.42 Å². The van der Waals surface area contributed by atoms with E-state index in [1.165, 1.54) is 30.3 Å². The van der Waals surface area contributed by atoms with E-state index in [9.17, 15) is 8.42 Å². The van der Waals surface area contributed by atoms with Crippen LogP contribution >= 0.6 is 11.6 Å². The number of sulfonamides is 1. The molecule has 0 aliphatic carbocycles. The Morgan fingerprint density at radius 3 is 2.40 bits per heavy atom. The lowest BCUT2D eigenvalue weighted by molar-refractivity contribution is 0.601. The van der Waals surface area contributed by atoms with Gasteiger partial charge in [-0.2, -0.15) is 5.26 Å². The first-order valence-corrected chi connectivity index (χ1v) is 7.57. The maximum absolute atomic E-state index is 12.2. The van der Waals surface area contributed by atoms with Crippen molar-refractivity contribution >= 4 is 27.3 Å². The molecular weight excluding hydrogens is 296 g/mol. The molecule has 0 amide bonds. The van der Waals surface area contributed by atoms with E-state index < -0.39 is 10.0 Å². The first-order valence-electron chi connectivity index (χ1n) is 5.71. The summed E-state index contributed by atoms with van der Waals surface area (Å²) < 4.78 is 26.9. The molecule has 0 spiro atoms. The Hall–Kier alpha value is -2.03. The van der Waals surface area contributed by atoms with Crippen LogP contribution in [0.5, 0.6) is 0 Å². The van der Waals surface area contributed by atoms with Crippen molar-refractivity contribution in [2.75, 3.05) is 4.72 Å². The van der Waals surface area contributed by atoms with Crippen molar-refractivity contribution in [3.05, 3.63) is 58.6 Å². The van der Waals surface area contributed by atoms with Gasteiger partial charge in [-0.1, -0.05) is 17.7 Å². The predicted octanol–water partition coefficient (Wildman–Crippen LogP) is 3.32. The molecular formula is C14H11ClN2O2S. The lowest BCUT2D eigenvalue weighted by Crippen LogP contribution is -2.13. The van der Waals surface area contributed by atoms with Crippen molar-refractivity contribution < 1.29 is 8.42 Å². The van der Waals surface area contributed by atoms with Gasteiger partial charge >= 0.3 is 0 Å². The standard InChI is InChI=1S/C14H11ClN2O2S/c1-10-2-3-11(9-16)8-14(10)17-20(18,19)13-6-4-12(15)5-7-13/h2-8,17H,1H3. The number of anilines is 1. The summed E-state index contributed by atoms with van der Waals surface area (Å²) in [5.41, 5.74) is 1.52. The second-order valence-corrected chi connectivity index (χ2v) is 6.32. The van der Waals surface area contributed by atoms with Gasteiger partial charge < -0.3 is 0 Å². The molecule has 0 aliphatic rings. The highest BCUT2D eigenvalue weighted by molar-refractivity contribution is 7.92. The topological polar surface area (TPSA) is 70.0 Å². The first-order chi connectivity index (χ1) is 9.42. The van der Waals surface area contributed by atoms with Crippen LogP contribution in [0.15, 0.2) is 47.4 Å². The summed E-state index contributed by atoms with van der Waals surface area (Å²) in [5.74, 6) is 0. The third-order valence-corrected chi connectivity index (χ3v) is 4.37. The summed E-state index contributed by atoms with van der Waals surface area (Å²) in [6.07, 6.45) is 0. The summed E-state index contributed by atoms with van der Waals surface area (Å²) in [6, 6.07) is 12.7. The van der Waals surface area contributed by atoms with E-state index >= 15 is 0 Å². The van der Waals surface area contributed by atoms with E-state index in [2.05, 4.69) is 4.72 Å². The summed E-state index contributed by atoms with van der Waals surface area (Å²) in [5, 5.41) is 9.32. The van der Waals surface area contributed by atoms with Crippen LogP contribution < -0.4 is 4.72 Å². The average Bonchev–Trinajstić information content (AvgIpc) is 2.41. The molecule has 2 rings (SSSR count). The molecule has 102 valence electrons. The highest BCUT2D eigenvalue weighted by Gasteiger charge is 2.15. The number of rotatable bonds is 3. The minimum Gasteiger partial charge on any atom is -0.279 e. The molecule has 20 heavy (non-hydrogen) atoms. The smallest absolute Gasteiger partial charge is 0.261 e. The van der Waals surface area contributed by atoms with Gasteiger partial charge in [-0.3, -0.25) is 4.72 Å². The Labute approximate surface area is 122 Å². The van der Waals surface area contributed by atoms with Crippen LogP contribution in [0.25, 0.3) is 0 Å². The van der Waals surface area contributed by atoms with Crippen molar-refractivity contribution in [3.63, 3.8) is 0 Å². The van der Waals surface area contributed by atoms with Gasteiger partial charge in [-0.05, 0) is 48.9 Å². The minimum atomic E-state index is -3.70. The van der Waals surface area contributed by atoms with E-state index in [0.717, 1.165) is 5.56 Å². The van der Waals surface area contributed by atoms with Gasteiger partial charge in [0.1, 0.15) is 0 Å². The van der Waals surface area contributed by atoms with Gasteiger partial charge in [0, 0.05) is 5.02 Å². The Kier molecular flexibility index (Phi) is 3.98. The molecule has 0 heterocycles. The Morgan fingerprint density at radius 2 is 1.80 bits per heavy atom. The fourth-order valence-corrected chi connectivity index (χ4v) is 2.87. The second-order valence-electron chi connectivity index (χ2n) is 4.20. The Balaban J connectivity index is 2.38. The number of nitriles is 1. The Bertz CT molecular complexity index is 778. The van der Waals surface area contributed by atoms with Crippen molar-refractivity contribution in [3.8, 4) is 6.07 Å². The maximum atomic E-state index is 12.2. The number of benzene rings is 2. The predicted molar refractivity (Wildman–Crippen MR) is 78.2 cm³/mol. The molecule has 0 aliphatic heterocycles. The Morgan fingerprint density at radius 1 is 1.15 bits per heavy atom. The quantitative estimate of drug-likeness (QED) is 0.945. The third kappa shape index (κ3) is 3.10. The van der Waals surface area contributed by atoms with Crippen LogP contribution in [0.1, 0.15) is 11.1 Å². The molecule has 0 saturated heterocycles. The molecule has 0 bridgehead atoms. The van der Waals surface area contributed by atoms with E-state index in [1.54, 1.807) is 19.1 Å². The van der Waals surface area contributed by atoms with E-state index in [0.29, 0.717) is 16.3 Å². The molecule has 0 radical (unpaired) electrons. The molecule has 0 fully saturated rings. The average molecular weight is 307 g/mol. The molecule has 6 heteroatoms. The normalized spacial score (nSPS) is 10.8. The van der Waals surface area contributed by atoms with Gasteiger partial charge in [0.05, 0.1) is 22.2 Å². The molecule has 0 saturated carbocycles. The van der Waals surface area contributed by atoms with Crippen molar-refractivity contribution in [2.45, 2.75) is 11.8 Å². The van der Waals surface area contributed by atoms with Crippen LogP contribution in [-0.4, -0.2) is 8.42 Å². The monoisotopic (exact) mass is 306 g/mol. The SMILES string of the molecule is Cc1ccc(C#N)cc1NS(=O)(=O)c1ccc(Cl)cc1. The van der Waals surface area contributed by atoms with Crippen LogP contribution in [0, 0.1) is 18.3 Å². The van der Waals surface area contributed by atoms with Gasteiger partial charge in [0.2, 0.25) is 0 Å². The minimum absolute atomic E-state index is 0.115. The lowest BCUT2D eigenvalue weighted by atomic mass is 10.1. The second kappa shape index (κ2) is 5.53. The van der Waals surface area contributed by atoms with Crippen molar-refractivity contribution in [1.29, 1.82) is 5.26 Å². The molecule has 0 atom stereocenters. The van der Waals surface area contributed by atoms with Crippen LogP contribution in [0.2, 0.25) is 5.02 Å². The van der Waals surface area contributed by atoms with E-state index in [4.69, 9.17) is 16.9 Å². The molecule has 4 nitrogen and oxygen atoms in total. The number of halogens is 1. The molecule has 0 unspecified atom stereocenters. The number of hydrogen-bond donors (Lipinski definition) is 1. The third-order valence-electron chi connectivity index (χ3n) is 2.73. The van der Waals surface area contributed by atoms with Gasteiger partial charge in [0.15, 0.2) is 0 Å². The summed E-state index contributed by atoms with van der Waals surface area (Å²) in [6.45, 7) is 1.76. The zero-order valence-electron chi connectivity index (χ0n) is 10.6. The van der Waals surface area contributed by atoms with Crippen molar-refractivity contribution in [2.24, 2.45) is 0 Å². The molecule has 2 aromatic carbocycles. The van der Waals surface area contributed by atoms with Crippen LogP contribution in [0.4, 0.5) is 5.69 Å². The van der Waals surface area contributed by atoms with Gasteiger partial charge in [-0.15, -0.1) is 0 Å². The van der Waals surface area contributed by atoms with Crippen LogP contribution in [-0.2, 0) is 10.0 Å². The van der Waals surface area contributed by atoms with Gasteiger partial charge in [0.25, 0.3) is 10.0 Å². The molecule has 0 aromatic heterocycles. The highest BCUT2D eigenvalue weighted by Crippen LogP contribution is 2.22. The molecule has 2 aromatic rings. The zero-order valence-corrected chi connectivity index (χ0v) is 12.2. The van der Waals surface area contributed by atoms with Crippen molar-refractivity contribution in [1.82, 2.24) is 0 Å². The summed E-state index contributed by atoms with van der Waals surface area (Å²) in [7, 11) is -3.70. The lowest BCUT2D eigenvalue weighted by Gasteiger charge is -2.11. The summed E-state index contributed by atoms with van der Waals surface area (Å²) in [4.78, 5) is 0.115. The zero-order chi connectivity index (χ0) is 14.8. The number of nitrogens with zero attached hydrogens (tertiary/aromatic N) is 1. The van der Waals surface area contributed by atoms with E-state index in [1.807, 2.05) is 6.07 Å².